The van der Waals surface area contributed by atoms with E-state index >= 15 is 0 Å². The molecule has 2 unspecified atom stereocenters. The molecule has 0 aromatic rings. The Morgan fingerprint density at radius 2 is 1.87 bits per heavy atom. The highest BCUT2D eigenvalue weighted by Gasteiger charge is 2.22. The van der Waals surface area contributed by atoms with Crippen molar-refractivity contribution in [2.24, 2.45) is 5.92 Å². The van der Waals surface area contributed by atoms with E-state index in [1.54, 1.807) is 7.05 Å². The number of carbonyl (C=O) groups is 2. The molecule has 15 heavy (non-hydrogen) atoms. The fourth-order valence-electron chi connectivity index (χ4n) is 1.42. The summed E-state index contributed by atoms with van der Waals surface area (Å²) >= 11 is 0. The smallest absolute Gasteiger partial charge is 0.326 e. The van der Waals surface area contributed by atoms with Crippen molar-refractivity contribution in [3.05, 3.63) is 0 Å². The van der Waals surface area contributed by atoms with Crippen LogP contribution in [0.25, 0.3) is 0 Å². The van der Waals surface area contributed by atoms with Crippen molar-refractivity contribution in [1.29, 1.82) is 0 Å². The van der Waals surface area contributed by atoms with E-state index in [0.29, 0.717) is 12.3 Å². The normalized spacial score (nSPS) is 14.4. The molecule has 0 bridgehead atoms. The van der Waals surface area contributed by atoms with Crippen molar-refractivity contribution in [2.45, 2.75) is 46.1 Å². The van der Waals surface area contributed by atoms with Gasteiger partial charge in [0.25, 0.3) is 0 Å². The summed E-state index contributed by atoms with van der Waals surface area (Å²) in [7, 11) is 1.54. The maximum Gasteiger partial charge on any atom is 0.326 e. The molecule has 0 spiro atoms. The number of rotatable bonds is 6. The van der Waals surface area contributed by atoms with E-state index in [-0.39, 0.29) is 5.91 Å². The molecule has 0 aliphatic heterocycles. The highest BCUT2D eigenvalue weighted by Crippen LogP contribution is 2.12. The first-order valence-electron chi connectivity index (χ1n) is 5.38. The monoisotopic (exact) mass is 215 g/mol. The van der Waals surface area contributed by atoms with E-state index in [2.05, 4.69) is 6.92 Å². The topological polar surface area (TPSA) is 57.6 Å². The molecule has 0 aromatic heterocycles. The summed E-state index contributed by atoms with van der Waals surface area (Å²) in [5.41, 5.74) is 0. The minimum Gasteiger partial charge on any atom is -0.480 e. The van der Waals surface area contributed by atoms with Gasteiger partial charge in [0, 0.05) is 13.5 Å². The Kier molecular flexibility index (Phi) is 5.97. The first-order valence-corrected chi connectivity index (χ1v) is 5.38. The summed E-state index contributed by atoms with van der Waals surface area (Å²) in [6.45, 7) is 5.61. The van der Waals surface area contributed by atoms with Crippen LogP contribution < -0.4 is 0 Å². The molecule has 0 rings (SSSR count). The van der Waals surface area contributed by atoms with Gasteiger partial charge in [-0.25, -0.2) is 4.79 Å². The lowest BCUT2D eigenvalue weighted by Gasteiger charge is -2.23. The Morgan fingerprint density at radius 3 is 2.27 bits per heavy atom. The summed E-state index contributed by atoms with van der Waals surface area (Å²) in [5, 5.41) is 8.74. The van der Waals surface area contributed by atoms with Crippen molar-refractivity contribution in [2.75, 3.05) is 7.05 Å². The average molecular weight is 215 g/mol. The molecule has 88 valence electrons. The second-order valence-electron chi connectivity index (χ2n) is 4.12. The molecule has 1 amide bonds. The second-order valence-corrected chi connectivity index (χ2v) is 4.12. The van der Waals surface area contributed by atoms with Gasteiger partial charge in [-0.05, 0) is 12.8 Å². The average Bonchev–Trinajstić information content (AvgIpc) is 2.15. The van der Waals surface area contributed by atoms with E-state index in [1.807, 2.05) is 6.92 Å². The maximum atomic E-state index is 11.6. The summed E-state index contributed by atoms with van der Waals surface area (Å²) in [6.07, 6.45) is 2.48. The number of hydrogen-bond acceptors (Lipinski definition) is 2. The lowest BCUT2D eigenvalue weighted by molar-refractivity contribution is -0.148. The van der Waals surface area contributed by atoms with Gasteiger partial charge in [0.2, 0.25) is 5.91 Å². The predicted octanol–water partition coefficient (Wildman–Crippen LogP) is 1.74. The van der Waals surface area contributed by atoms with Crippen LogP contribution in [0.5, 0.6) is 0 Å². The third-order valence-corrected chi connectivity index (χ3v) is 2.64. The largest absolute Gasteiger partial charge is 0.480 e. The molecule has 0 fully saturated rings. The minimum absolute atomic E-state index is 0.0918. The first-order chi connectivity index (χ1) is 6.90. The van der Waals surface area contributed by atoms with Gasteiger partial charge in [-0.15, -0.1) is 0 Å². The molecule has 0 saturated heterocycles. The van der Waals surface area contributed by atoms with E-state index in [1.165, 1.54) is 11.8 Å². The first kappa shape index (κ1) is 13.9. The number of carboxylic acid groups (broad SMARTS) is 1. The lowest BCUT2D eigenvalue weighted by atomic mass is 10.0. The molecule has 4 nitrogen and oxygen atoms in total. The Hall–Kier alpha value is -1.06. The summed E-state index contributed by atoms with van der Waals surface area (Å²) < 4.78 is 0. The van der Waals surface area contributed by atoms with E-state index in [4.69, 9.17) is 5.11 Å². The van der Waals surface area contributed by atoms with Crippen molar-refractivity contribution < 1.29 is 14.7 Å². The third kappa shape index (κ3) is 4.81. The van der Waals surface area contributed by atoms with Crippen LogP contribution in [0, 0.1) is 5.92 Å². The zero-order chi connectivity index (χ0) is 12.0. The molecule has 1 N–H and O–H groups in total. The van der Waals surface area contributed by atoms with E-state index < -0.39 is 12.0 Å². The minimum atomic E-state index is -0.964. The number of carboxylic acids is 1. The predicted molar refractivity (Wildman–Crippen MR) is 58.6 cm³/mol. The molecule has 4 heteroatoms. The highest BCUT2D eigenvalue weighted by molar-refractivity contribution is 5.83. The van der Waals surface area contributed by atoms with Crippen LogP contribution in [0.1, 0.15) is 40.0 Å². The standard InChI is InChI=1S/C11H21NO3/c1-5-6-8(2)7-10(13)12(4)9(3)11(14)15/h8-9H,5-7H2,1-4H3,(H,14,15). The van der Waals surface area contributed by atoms with Gasteiger partial charge in [-0.3, -0.25) is 4.79 Å². The molecule has 0 heterocycles. The van der Waals surface area contributed by atoms with Crippen molar-refractivity contribution in [3.8, 4) is 0 Å². The molecule has 0 saturated carbocycles. The van der Waals surface area contributed by atoms with Crippen LogP contribution in [0.15, 0.2) is 0 Å². The van der Waals surface area contributed by atoms with Crippen molar-refractivity contribution in [3.63, 3.8) is 0 Å². The number of amides is 1. The third-order valence-electron chi connectivity index (χ3n) is 2.64. The van der Waals surface area contributed by atoms with Gasteiger partial charge < -0.3 is 10.0 Å². The van der Waals surface area contributed by atoms with Gasteiger partial charge in [0.05, 0.1) is 0 Å². The van der Waals surface area contributed by atoms with Gasteiger partial charge in [-0.2, -0.15) is 0 Å². The highest BCUT2D eigenvalue weighted by atomic mass is 16.4. The zero-order valence-corrected chi connectivity index (χ0v) is 9.99. The van der Waals surface area contributed by atoms with Gasteiger partial charge in [0.15, 0.2) is 0 Å². The number of nitrogens with zero attached hydrogens (tertiary/aromatic N) is 1. The Bertz CT molecular complexity index is 228. The van der Waals surface area contributed by atoms with Crippen LogP contribution in [-0.4, -0.2) is 35.0 Å². The van der Waals surface area contributed by atoms with Crippen LogP contribution >= 0.6 is 0 Å². The van der Waals surface area contributed by atoms with Crippen molar-refractivity contribution >= 4 is 11.9 Å². The van der Waals surface area contributed by atoms with Crippen LogP contribution in [-0.2, 0) is 9.59 Å². The fraction of sp³-hybridized carbons (Fsp3) is 0.818. The van der Waals surface area contributed by atoms with Crippen molar-refractivity contribution in [1.82, 2.24) is 4.90 Å². The van der Waals surface area contributed by atoms with Crippen LogP contribution in [0.4, 0.5) is 0 Å². The molecule has 0 aliphatic carbocycles. The summed E-state index contributed by atoms with van der Waals surface area (Å²) in [6, 6.07) is -0.744. The number of aliphatic carboxylic acids is 1. The Labute approximate surface area is 91.3 Å². The quantitative estimate of drug-likeness (QED) is 0.734. The maximum absolute atomic E-state index is 11.6. The number of carbonyl (C=O) groups excluding carboxylic acids is 1. The number of likely N-dealkylation sites (N-methyl/N-ethyl adjacent to an activating group) is 1. The molecule has 2 atom stereocenters. The Morgan fingerprint density at radius 1 is 1.33 bits per heavy atom. The SMILES string of the molecule is CCCC(C)CC(=O)N(C)C(C)C(=O)O. The van der Waals surface area contributed by atoms with Crippen LogP contribution in [0.3, 0.4) is 0 Å². The molecular formula is C11H21NO3. The van der Waals surface area contributed by atoms with Gasteiger partial charge in [0.1, 0.15) is 6.04 Å². The fourth-order valence-corrected chi connectivity index (χ4v) is 1.42. The molecule has 0 aliphatic rings. The molecule has 0 aromatic carbocycles. The summed E-state index contributed by atoms with van der Waals surface area (Å²) in [4.78, 5) is 23.6. The zero-order valence-electron chi connectivity index (χ0n) is 9.99. The van der Waals surface area contributed by atoms with Crippen LogP contribution in [0.2, 0.25) is 0 Å². The molecular weight excluding hydrogens is 194 g/mol. The molecule has 0 radical (unpaired) electrons. The van der Waals surface area contributed by atoms with E-state index in [0.717, 1.165) is 12.8 Å². The number of hydrogen-bond donors (Lipinski definition) is 1. The van der Waals surface area contributed by atoms with E-state index in [9.17, 15) is 9.59 Å². The van der Waals surface area contributed by atoms with Gasteiger partial charge in [-0.1, -0.05) is 26.7 Å². The lowest BCUT2D eigenvalue weighted by Crippen LogP contribution is -2.40. The Balaban J connectivity index is 4.15. The second kappa shape index (κ2) is 6.43. The summed E-state index contributed by atoms with van der Waals surface area (Å²) in [5.74, 6) is -0.731. The van der Waals surface area contributed by atoms with Gasteiger partial charge >= 0.3 is 5.97 Å².